The van der Waals surface area contributed by atoms with Gasteiger partial charge in [-0.15, -0.1) is 13.2 Å². The average Bonchev–Trinajstić information content (AvgIpc) is 3.40. The summed E-state index contributed by atoms with van der Waals surface area (Å²) < 4.78 is 40.1. The number of likely N-dealkylation sites (N-methyl/N-ethyl adjacent to an activating group) is 1. The molecule has 2 rings (SSSR count). The van der Waals surface area contributed by atoms with E-state index in [1.165, 1.54) is 17.0 Å². The molecule has 0 unspecified atom stereocenters. The van der Waals surface area contributed by atoms with E-state index in [0.717, 1.165) is 25.0 Å². The molecule has 2 N–H and O–H groups in total. The predicted octanol–water partition coefficient (Wildman–Crippen LogP) is 2.26. The van der Waals surface area contributed by atoms with Crippen molar-refractivity contribution in [3.63, 3.8) is 0 Å². The summed E-state index contributed by atoms with van der Waals surface area (Å²) in [5.74, 6) is -1.04. The minimum absolute atomic E-state index is 0.0736. The van der Waals surface area contributed by atoms with Gasteiger partial charge in [0.05, 0.1) is 19.2 Å². The number of alkyl halides is 3. The topological polar surface area (TPSA) is 94.5 Å². The molecule has 1 aliphatic rings. The number of amides is 2. The molecule has 7 nitrogen and oxygen atoms in total. The average molecular weight is 398 g/mol. The molecule has 0 bridgehead atoms. The number of benzene rings is 1. The molecule has 10 heteroatoms. The number of anilines is 1. The van der Waals surface area contributed by atoms with Gasteiger partial charge in [0.15, 0.2) is 0 Å². The summed E-state index contributed by atoms with van der Waals surface area (Å²) in [6, 6.07) is 6.85. The first-order valence-electron chi connectivity index (χ1n) is 8.57. The van der Waals surface area contributed by atoms with Crippen LogP contribution in [-0.2, 0) is 9.59 Å². The Morgan fingerprint density at radius 1 is 1.21 bits per heavy atom. The fourth-order valence-electron chi connectivity index (χ4n) is 2.70. The first kappa shape index (κ1) is 21.5. The molecule has 1 aromatic carbocycles. The lowest BCUT2D eigenvalue weighted by Crippen LogP contribution is -2.50. The number of carbonyl (C=O) groups is 2. The molecule has 28 heavy (non-hydrogen) atoms. The van der Waals surface area contributed by atoms with Gasteiger partial charge in [-0.25, -0.2) is 0 Å². The molecule has 1 aromatic rings. The monoisotopic (exact) mass is 398 g/mol. The molecule has 0 saturated heterocycles. The van der Waals surface area contributed by atoms with E-state index < -0.39 is 23.6 Å². The van der Waals surface area contributed by atoms with Crippen LogP contribution in [0.2, 0.25) is 0 Å². The van der Waals surface area contributed by atoms with Crippen LogP contribution < -0.4 is 15.4 Å². The lowest BCUT2D eigenvalue weighted by molar-refractivity contribution is -0.274. The summed E-state index contributed by atoms with van der Waals surface area (Å²) >= 11 is 0. The van der Waals surface area contributed by atoms with Crippen molar-refractivity contribution in [3.8, 4) is 11.8 Å². The van der Waals surface area contributed by atoms with E-state index >= 15 is 0 Å². The maximum Gasteiger partial charge on any atom is 0.573 e. The third kappa shape index (κ3) is 6.74. The highest BCUT2D eigenvalue weighted by molar-refractivity contribution is 5.92. The predicted molar refractivity (Wildman–Crippen MR) is 94.1 cm³/mol. The van der Waals surface area contributed by atoms with Crippen LogP contribution in [0.3, 0.4) is 0 Å². The third-order valence-corrected chi connectivity index (χ3v) is 4.22. The zero-order valence-electron chi connectivity index (χ0n) is 15.5. The summed E-state index contributed by atoms with van der Waals surface area (Å²) in [5.41, 5.74) is -0.608. The van der Waals surface area contributed by atoms with Gasteiger partial charge < -0.3 is 15.4 Å². The molecule has 0 radical (unpaired) electrons. The number of halogens is 3. The van der Waals surface area contributed by atoms with Crippen molar-refractivity contribution in [1.82, 2.24) is 10.2 Å². The molecule has 1 atom stereocenters. The standard InChI is InChI=1S/C18H21F3N4O3/c1-17(11-22,12-3-4-12)24-16(27)10-25(2)9-15(26)23-13-5-7-14(8-6-13)28-18(19,20)21/h5-8,12H,3-4,9-10H2,1-2H3,(H,23,26)(H,24,27)/t17-/m0/s1. The van der Waals surface area contributed by atoms with Gasteiger partial charge in [0, 0.05) is 5.69 Å². The van der Waals surface area contributed by atoms with E-state index in [4.69, 9.17) is 0 Å². The Morgan fingerprint density at radius 3 is 2.29 bits per heavy atom. The quantitative estimate of drug-likeness (QED) is 0.701. The number of nitrogens with zero attached hydrogens (tertiary/aromatic N) is 2. The molecule has 0 spiro atoms. The normalized spacial score (nSPS) is 16.0. The van der Waals surface area contributed by atoms with Gasteiger partial charge in [0.25, 0.3) is 0 Å². The number of rotatable bonds is 8. The largest absolute Gasteiger partial charge is 0.573 e. The van der Waals surface area contributed by atoms with Crippen molar-refractivity contribution < 1.29 is 27.5 Å². The number of hydrogen-bond acceptors (Lipinski definition) is 5. The molecule has 0 aromatic heterocycles. The van der Waals surface area contributed by atoms with Crippen LogP contribution in [-0.4, -0.2) is 48.8 Å². The maximum absolute atomic E-state index is 12.1. The summed E-state index contributed by atoms with van der Waals surface area (Å²) in [5, 5.41) is 14.5. The number of nitrogens with one attached hydrogen (secondary N) is 2. The maximum atomic E-state index is 12.1. The zero-order valence-corrected chi connectivity index (χ0v) is 15.5. The highest BCUT2D eigenvalue weighted by Gasteiger charge is 2.43. The second kappa shape index (κ2) is 8.48. The fraction of sp³-hybridized carbons (Fsp3) is 0.500. The number of hydrogen-bond donors (Lipinski definition) is 2. The van der Waals surface area contributed by atoms with E-state index in [9.17, 15) is 28.0 Å². The minimum Gasteiger partial charge on any atom is -0.406 e. The van der Waals surface area contributed by atoms with Crippen molar-refractivity contribution in [1.29, 1.82) is 5.26 Å². The van der Waals surface area contributed by atoms with Crippen molar-refractivity contribution in [2.75, 3.05) is 25.5 Å². The zero-order chi connectivity index (χ0) is 20.9. The first-order chi connectivity index (χ1) is 13.0. The van der Waals surface area contributed by atoms with Crippen LogP contribution in [0, 0.1) is 17.2 Å². The van der Waals surface area contributed by atoms with Gasteiger partial charge in [-0.1, -0.05) is 0 Å². The SMILES string of the molecule is CN(CC(=O)Nc1ccc(OC(F)(F)F)cc1)CC(=O)N[C@@](C)(C#N)C1CC1. The van der Waals surface area contributed by atoms with E-state index in [1.54, 1.807) is 14.0 Å². The second-order valence-corrected chi connectivity index (χ2v) is 6.93. The molecular weight excluding hydrogens is 377 g/mol. The van der Waals surface area contributed by atoms with Crippen LogP contribution in [0.25, 0.3) is 0 Å². The Labute approximate surface area is 160 Å². The van der Waals surface area contributed by atoms with Crippen molar-refractivity contribution in [2.24, 2.45) is 5.92 Å². The van der Waals surface area contributed by atoms with Crippen LogP contribution in [0.5, 0.6) is 5.75 Å². The van der Waals surface area contributed by atoms with Gasteiger partial charge in [-0.3, -0.25) is 14.5 Å². The van der Waals surface area contributed by atoms with E-state index in [-0.39, 0.29) is 24.9 Å². The van der Waals surface area contributed by atoms with Gasteiger partial charge in [0.1, 0.15) is 11.3 Å². The van der Waals surface area contributed by atoms with Gasteiger partial charge in [0.2, 0.25) is 11.8 Å². The lowest BCUT2D eigenvalue weighted by Gasteiger charge is -2.24. The Hall–Kier alpha value is -2.80. The molecule has 0 aliphatic heterocycles. The van der Waals surface area contributed by atoms with Crippen LogP contribution >= 0.6 is 0 Å². The van der Waals surface area contributed by atoms with Gasteiger partial charge >= 0.3 is 6.36 Å². The Kier molecular flexibility index (Phi) is 6.51. The van der Waals surface area contributed by atoms with Gasteiger partial charge in [-0.2, -0.15) is 5.26 Å². The molecular formula is C18H21F3N4O3. The van der Waals surface area contributed by atoms with Gasteiger partial charge in [-0.05, 0) is 57.0 Å². The summed E-state index contributed by atoms with van der Waals surface area (Å²) in [6.07, 6.45) is -2.99. The van der Waals surface area contributed by atoms with Crippen LogP contribution in [0.15, 0.2) is 24.3 Å². The molecule has 2 amide bonds. The van der Waals surface area contributed by atoms with E-state index in [2.05, 4.69) is 21.4 Å². The fourth-order valence-corrected chi connectivity index (χ4v) is 2.70. The molecule has 1 aliphatic carbocycles. The minimum atomic E-state index is -4.78. The molecule has 0 heterocycles. The Bertz CT molecular complexity index is 757. The number of nitriles is 1. The second-order valence-electron chi connectivity index (χ2n) is 6.93. The smallest absolute Gasteiger partial charge is 0.406 e. The summed E-state index contributed by atoms with van der Waals surface area (Å²) in [4.78, 5) is 25.6. The lowest BCUT2D eigenvalue weighted by atomic mass is 9.98. The highest BCUT2D eigenvalue weighted by Crippen LogP contribution is 2.39. The van der Waals surface area contributed by atoms with Crippen LogP contribution in [0.4, 0.5) is 18.9 Å². The van der Waals surface area contributed by atoms with E-state index in [1.807, 2.05) is 0 Å². The summed E-state index contributed by atoms with van der Waals surface area (Å²) in [6.45, 7) is 1.50. The molecule has 1 saturated carbocycles. The summed E-state index contributed by atoms with van der Waals surface area (Å²) in [7, 11) is 1.57. The van der Waals surface area contributed by atoms with Crippen molar-refractivity contribution >= 4 is 17.5 Å². The third-order valence-electron chi connectivity index (χ3n) is 4.22. The van der Waals surface area contributed by atoms with Crippen molar-refractivity contribution in [3.05, 3.63) is 24.3 Å². The number of ether oxygens (including phenoxy) is 1. The number of carbonyl (C=O) groups excluding carboxylic acids is 2. The molecule has 152 valence electrons. The Balaban J connectivity index is 1.79. The van der Waals surface area contributed by atoms with Crippen molar-refractivity contribution in [2.45, 2.75) is 31.7 Å². The first-order valence-corrected chi connectivity index (χ1v) is 8.57. The van der Waals surface area contributed by atoms with Crippen LogP contribution in [0.1, 0.15) is 19.8 Å². The Morgan fingerprint density at radius 2 is 1.79 bits per heavy atom. The van der Waals surface area contributed by atoms with E-state index in [0.29, 0.717) is 5.69 Å². The molecule has 1 fully saturated rings. The highest BCUT2D eigenvalue weighted by atomic mass is 19.4.